The van der Waals surface area contributed by atoms with Gasteiger partial charge in [-0.15, -0.1) is 0 Å². The van der Waals surface area contributed by atoms with Gasteiger partial charge in [0.25, 0.3) is 0 Å². The molecule has 1 spiro atoms. The van der Waals surface area contributed by atoms with Crippen LogP contribution in [0.4, 0.5) is 0 Å². The summed E-state index contributed by atoms with van der Waals surface area (Å²) >= 11 is 6.31. The zero-order chi connectivity index (χ0) is 17.0. The maximum Gasteiger partial charge on any atom is 0.220 e. The fraction of sp³-hybridized carbons (Fsp3) is 0.778. The summed E-state index contributed by atoms with van der Waals surface area (Å²) in [6.07, 6.45) is 8.49. The first-order valence-electron chi connectivity index (χ1n) is 9.32. The lowest BCUT2D eigenvalue weighted by atomic mass is 9.73. The van der Waals surface area contributed by atoms with E-state index in [2.05, 4.69) is 27.1 Å². The summed E-state index contributed by atoms with van der Waals surface area (Å²) in [5.74, 6) is 1.23. The van der Waals surface area contributed by atoms with Crippen molar-refractivity contribution in [2.24, 2.45) is 5.41 Å². The molecule has 5 nitrogen and oxygen atoms in total. The molecule has 0 atom stereocenters. The molecular weight excluding hydrogens is 324 g/mol. The van der Waals surface area contributed by atoms with E-state index in [-0.39, 0.29) is 5.91 Å². The van der Waals surface area contributed by atoms with E-state index in [9.17, 15) is 4.79 Å². The van der Waals surface area contributed by atoms with Crippen LogP contribution in [0.15, 0.2) is 0 Å². The van der Waals surface area contributed by atoms with Crippen LogP contribution in [-0.2, 0) is 17.8 Å². The van der Waals surface area contributed by atoms with Gasteiger partial charge in [0, 0.05) is 25.9 Å². The van der Waals surface area contributed by atoms with Crippen molar-refractivity contribution < 1.29 is 4.79 Å². The first-order valence-corrected chi connectivity index (χ1v) is 9.70. The van der Waals surface area contributed by atoms with Gasteiger partial charge in [0.15, 0.2) is 5.15 Å². The molecule has 2 fully saturated rings. The number of aromatic amines is 1. The Kier molecular flexibility index (Phi) is 5.82. The molecule has 6 heteroatoms. The summed E-state index contributed by atoms with van der Waals surface area (Å²) in [4.78, 5) is 21.9. The number of piperidine rings is 1. The lowest BCUT2D eigenvalue weighted by molar-refractivity contribution is -0.121. The third-order valence-electron chi connectivity index (χ3n) is 5.70. The fourth-order valence-electron chi connectivity index (χ4n) is 3.98. The molecule has 1 aromatic heterocycles. The number of rotatable bonds is 5. The first kappa shape index (κ1) is 17.7. The fourth-order valence-corrected chi connectivity index (χ4v) is 4.18. The monoisotopic (exact) mass is 352 g/mol. The van der Waals surface area contributed by atoms with Gasteiger partial charge in [-0.2, -0.15) is 0 Å². The number of amides is 1. The van der Waals surface area contributed by atoms with E-state index in [1.165, 1.54) is 19.3 Å². The molecule has 1 aromatic rings. The van der Waals surface area contributed by atoms with Crippen LogP contribution >= 0.6 is 11.6 Å². The van der Waals surface area contributed by atoms with Gasteiger partial charge in [0.2, 0.25) is 5.91 Å². The first-order chi connectivity index (χ1) is 11.6. The predicted molar refractivity (Wildman–Crippen MR) is 96.0 cm³/mol. The summed E-state index contributed by atoms with van der Waals surface area (Å²) in [5, 5.41) is 3.64. The molecule has 0 unspecified atom stereocenters. The minimum Gasteiger partial charge on any atom is -0.356 e. The van der Waals surface area contributed by atoms with E-state index >= 15 is 0 Å². The summed E-state index contributed by atoms with van der Waals surface area (Å²) in [6, 6.07) is 0. The van der Waals surface area contributed by atoms with Crippen molar-refractivity contribution in [2.75, 3.05) is 19.6 Å². The highest BCUT2D eigenvalue weighted by Crippen LogP contribution is 2.40. The van der Waals surface area contributed by atoms with E-state index < -0.39 is 0 Å². The minimum atomic E-state index is 0.221. The number of likely N-dealkylation sites (tertiary alicyclic amines) is 1. The van der Waals surface area contributed by atoms with E-state index in [4.69, 9.17) is 11.6 Å². The highest BCUT2D eigenvalue weighted by atomic mass is 35.5. The van der Waals surface area contributed by atoms with Crippen molar-refractivity contribution in [3.8, 4) is 0 Å². The van der Waals surface area contributed by atoms with E-state index in [0.29, 0.717) is 17.0 Å². The van der Waals surface area contributed by atoms with Crippen molar-refractivity contribution >= 4 is 17.5 Å². The molecule has 2 aliphatic rings. The standard InChI is InChI=1S/C18H29ClN4O/c1-2-3-4-15-21-14(17(19)22-15)13-23-11-8-18(9-12-23)6-5-16(24)20-10-7-18/h2-13H2,1H3,(H,20,24)(H,21,22). The van der Waals surface area contributed by atoms with Crippen LogP contribution in [-0.4, -0.2) is 40.4 Å². The number of nitrogens with zero attached hydrogens (tertiary/aromatic N) is 2. The lowest BCUT2D eigenvalue weighted by Gasteiger charge is -2.41. The SMILES string of the molecule is CCCCc1nc(Cl)c(CN2CCC3(CCNC(=O)CC3)CC2)[nH]1. The Morgan fingerprint density at radius 3 is 2.79 bits per heavy atom. The number of unbranched alkanes of at least 4 members (excludes halogenated alkanes) is 1. The molecule has 0 aliphatic carbocycles. The number of nitrogens with one attached hydrogen (secondary N) is 2. The van der Waals surface area contributed by atoms with Crippen molar-refractivity contribution in [1.29, 1.82) is 0 Å². The van der Waals surface area contributed by atoms with Crippen LogP contribution in [0.3, 0.4) is 0 Å². The molecule has 3 heterocycles. The molecule has 0 radical (unpaired) electrons. The molecule has 0 saturated carbocycles. The number of carbonyl (C=O) groups is 1. The Morgan fingerprint density at radius 2 is 2.04 bits per heavy atom. The maximum atomic E-state index is 11.6. The van der Waals surface area contributed by atoms with Crippen LogP contribution in [0, 0.1) is 5.41 Å². The van der Waals surface area contributed by atoms with Crippen LogP contribution in [0.1, 0.15) is 63.4 Å². The molecule has 2 saturated heterocycles. The van der Waals surface area contributed by atoms with Crippen LogP contribution in [0.5, 0.6) is 0 Å². The Labute approximate surface area is 149 Å². The summed E-state index contributed by atoms with van der Waals surface area (Å²) in [6.45, 7) is 6.03. The molecule has 134 valence electrons. The van der Waals surface area contributed by atoms with Crippen molar-refractivity contribution in [3.63, 3.8) is 0 Å². The minimum absolute atomic E-state index is 0.221. The van der Waals surface area contributed by atoms with Crippen molar-refractivity contribution in [3.05, 3.63) is 16.7 Å². The average molecular weight is 353 g/mol. The zero-order valence-corrected chi connectivity index (χ0v) is 15.4. The van der Waals surface area contributed by atoms with Gasteiger partial charge in [-0.3, -0.25) is 9.69 Å². The molecule has 3 rings (SSSR count). The van der Waals surface area contributed by atoms with E-state index in [0.717, 1.165) is 63.4 Å². The number of aryl methyl sites for hydroxylation is 1. The van der Waals surface area contributed by atoms with Gasteiger partial charge >= 0.3 is 0 Å². The molecular formula is C18H29ClN4O. The van der Waals surface area contributed by atoms with Gasteiger partial charge in [-0.05, 0) is 50.6 Å². The molecule has 0 aromatic carbocycles. The van der Waals surface area contributed by atoms with Crippen molar-refractivity contribution in [1.82, 2.24) is 20.2 Å². The third kappa shape index (κ3) is 4.31. The highest BCUT2D eigenvalue weighted by Gasteiger charge is 2.36. The summed E-state index contributed by atoms with van der Waals surface area (Å²) in [7, 11) is 0. The summed E-state index contributed by atoms with van der Waals surface area (Å²) in [5.41, 5.74) is 1.41. The Hall–Kier alpha value is -1.07. The van der Waals surface area contributed by atoms with E-state index in [1.54, 1.807) is 0 Å². The second-order valence-corrected chi connectivity index (χ2v) is 7.79. The molecule has 1 amide bonds. The number of H-pyrrole nitrogens is 1. The number of hydrogen-bond acceptors (Lipinski definition) is 3. The highest BCUT2D eigenvalue weighted by molar-refractivity contribution is 6.30. The normalized spacial score (nSPS) is 21.7. The van der Waals surface area contributed by atoms with Gasteiger partial charge in [-0.1, -0.05) is 24.9 Å². The smallest absolute Gasteiger partial charge is 0.220 e. The lowest BCUT2D eigenvalue weighted by Crippen LogP contribution is -2.40. The second-order valence-electron chi connectivity index (χ2n) is 7.43. The number of carbonyl (C=O) groups excluding carboxylic acids is 1. The Balaban J connectivity index is 1.53. The van der Waals surface area contributed by atoms with Crippen molar-refractivity contribution in [2.45, 2.75) is 64.8 Å². The molecule has 2 aliphatic heterocycles. The number of hydrogen-bond donors (Lipinski definition) is 2. The topological polar surface area (TPSA) is 61.0 Å². The van der Waals surface area contributed by atoms with Gasteiger partial charge in [0.1, 0.15) is 5.82 Å². The van der Waals surface area contributed by atoms with Crippen LogP contribution in [0.25, 0.3) is 0 Å². The molecule has 24 heavy (non-hydrogen) atoms. The maximum absolute atomic E-state index is 11.6. The Morgan fingerprint density at radius 1 is 1.25 bits per heavy atom. The van der Waals surface area contributed by atoms with Gasteiger partial charge < -0.3 is 10.3 Å². The predicted octanol–water partition coefficient (Wildman–Crippen LogP) is 3.29. The van der Waals surface area contributed by atoms with Gasteiger partial charge in [-0.25, -0.2) is 4.98 Å². The summed E-state index contributed by atoms with van der Waals surface area (Å²) < 4.78 is 0. The third-order valence-corrected chi connectivity index (χ3v) is 6.02. The second kappa shape index (κ2) is 7.87. The van der Waals surface area contributed by atoms with Gasteiger partial charge in [0.05, 0.1) is 5.69 Å². The van der Waals surface area contributed by atoms with Crippen LogP contribution < -0.4 is 5.32 Å². The Bertz CT molecular complexity index is 563. The largest absolute Gasteiger partial charge is 0.356 e. The zero-order valence-electron chi connectivity index (χ0n) is 14.7. The number of imidazole rings is 1. The average Bonchev–Trinajstić information content (AvgIpc) is 2.82. The quantitative estimate of drug-likeness (QED) is 0.854. The van der Waals surface area contributed by atoms with E-state index in [1.807, 2.05) is 0 Å². The number of aromatic nitrogens is 2. The number of halogens is 1. The molecule has 0 bridgehead atoms. The molecule has 2 N–H and O–H groups in total. The van der Waals surface area contributed by atoms with Crippen LogP contribution in [0.2, 0.25) is 5.15 Å².